The first-order chi connectivity index (χ1) is 7.83. The van der Waals surface area contributed by atoms with Crippen molar-refractivity contribution in [2.75, 3.05) is 6.54 Å². The fraction of sp³-hybridized carbons (Fsp3) is 0.500. The summed E-state index contributed by atoms with van der Waals surface area (Å²) in [6, 6.07) is 4.44. The molecule has 16 heavy (non-hydrogen) atoms. The summed E-state index contributed by atoms with van der Waals surface area (Å²) in [4.78, 5) is 12.3. The predicted molar refractivity (Wildman–Crippen MR) is 63.2 cm³/mol. The molecule has 3 rings (SSSR count). The number of aromatic nitrogens is 3. The van der Waals surface area contributed by atoms with Crippen LogP contribution in [0.4, 0.5) is 0 Å². The smallest absolute Gasteiger partial charge is 0.177 e. The van der Waals surface area contributed by atoms with Crippen molar-refractivity contribution in [2.45, 2.75) is 32.2 Å². The van der Waals surface area contributed by atoms with E-state index in [-0.39, 0.29) is 0 Å². The van der Waals surface area contributed by atoms with Crippen LogP contribution in [0.25, 0.3) is 11.2 Å². The van der Waals surface area contributed by atoms with Crippen molar-refractivity contribution < 1.29 is 0 Å². The number of piperidine rings is 1. The Morgan fingerprint density at radius 1 is 1.25 bits per heavy atom. The molecule has 4 nitrogen and oxygen atoms in total. The molecule has 3 heterocycles. The van der Waals surface area contributed by atoms with Gasteiger partial charge in [0.05, 0.1) is 11.6 Å². The van der Waals surface area contributed by atoms with Gasteiger partial charge in [0.1, 0.15) is 5.82 Å². The summed E-state index contributed by atoms with van der Waals surface area (Å²) in [6.45, 7) is 3.08. The van der Waals surface area contributed by atoms with Crippen molar-refractivity contribution >= 4 is 11.2 Å². The summed E-state index contributed by atoms with van der Waals surface area (Å²) in [7, 11) is 0. The van der Waals surface area contributed by atoms with E-state index in [9.17, 15) is 0 Å². The summed E-state index contributed by atoms with van der Waals surface area (Å²) < 4.78 is 0. The maximum Gasteiger partial charge on any atom is 0.177 e. The lowest BCUT2D eigenvalue weighted by Gasteiger charge is -2.21. The molecule has 1 atom stereocenters. The molecule has 1 saturated heterocycles. The van der Waals surface area contributed by atoms with Crippen LogP contribution in [0.5, 0.6) is 0 Å². The normalized spacial score (nSPS) is 21.4. The minimum atomic E-state index is 0.378. The highest BCUT2D eigenvalue weighted by Gasteiger charge is 2.18. The Bertz CT molecular complexity index is 497. The van der Waals surface area contributed by atoms with E-state index in [1.165, 1.54) is 19.3 Å². The summed E-state index contributed by atoms with van der Waals surface area (Å²) >= 11 is 0. The lowest BCUT2D eigenvalue weighted by Crippen LogP contribution is -2.27. The third-order valence-corrected chi connectivity index (χ3v) is 3.14. The summed E-state index contributed by atoms with van der Waals surface area (Å²) in [5.74, 6) is 1.04. The van der Waals surface area contributed by atoms with Gasteiger partial charge in [-0.05, 0) is 38.4 Å². The Kier molecular flexibility index (Phi) is 2.36. The molecule has 84 valence electrons. The standard InChI is InChI=1S/C12H16N4/c1-8-5-6-10-12(14-8)16-11(15-10)9-4-2-3-7-13-9/h5-6,9,13H,2-4,7H2,1H3,(H,14,15,16). The number of imidazole rings is 1. The largest absolute Gasteiger partial charge is 0.339 e. The number of nitrogens with one attached hydrogen (secondary N) is 2. The maximum absolute atomic E-state index is 4.57. The first kappa shape index (κ1) is 9.78. The molecular weight excluding hydrogens is 200 g/mol. The van der Waals surface area contributed by atoms with Crippen molar-refractivity contribution in [2.24, 2.45) is 0 Å². The zero-order valence-corrected chi connectivity index (χ0v) is 9.45. The van der Waals surface area contributed by atoms with Gasteiger partial charge in [0, 0.05) is 5.69 Å². The fourth-order valence-electron chi connectivity index (χ4n) is 2.26. The van der Waals surface area contributed by atoms with E-state index in [4.69, 9.17) is 0 Å². The Balaban J connectivity index is 1.97. The molecule has 2 aromatic heterocycles. The molecule has 1 aliphatic heterocycles. The number of nitrogens with zero attached hydrogens (tertiary/aromatic N) is 2. The molecule has 1 aliphatic rings. The number of aromatic amines is 1. The van der Waals surface area contributed by atoms with Crippen LogP contribution in [0, 0.1) is 6.92 Å². The summed E-state index contributed by atoms with van der Waals surface area (Å²) in [5, 5.41) is 3.49. The zero-order valence-electron chi connectivity index (χ0n) is 9.45. The highest BCUT2D eigenvalue weighted by atomic mass is 15.1. The van der Waals surface area contributed by atoms with Crippen molar-refractivity contribution in [3.8, 4) is 0 Å². The highest BCUT2D eigenvalue weighted by Crippen LogP contribution is 2.22. The van der Waals surface area contributed by atoms with Gasteiger partial charge in [0.2, 0.25) is 0 Å². The Labute approximate surface area is 94.5 Å². The van der Waals surface area contributed by atoms with E-state index in [0.717, 1.165) is 29.2 Å². The van der Waals surface area contributed by atoms with E-state index >= 15 is 0 Å². The number of hydrogen-bond donors (Lipinski definition) is 2. The lowest BCUT2D eigenvalue weighted by molar-refractivity contribution is 0.400. The maximum atomic E-state index is 4.57. The van der Waals surface area contributed by atoms with E-state index in [1.54, 1.807) is 0 Å². The van der Waals surface area contributed by atoms with E-state index in [0.29, 0.717) is 6.04 Å². The molecule has 0 saturated carbocycles. The Hall–Kier alpha value is -1.42. The molecule has 1 fully saturated rings. The van der Waals surface area contributed by atoms with Gasteiger partial charge in [-0.3, -0.25) is 0 Å². The van der Waals surface area contributed by atoms with Crippen LogP contribution in [-0.4, -0.2) is 21.5 Å². The average Bonchev–Trinajstić information content (AvgIpc) is 2.73. The van der Waals surface area contributed by atoms with Gasteiger partial charge in [-0.1, -0.05) is 6.42 Å². The van der Waals surface area contributed by atoms with Crippen molar-refractivity contribution in [1.82, 2.24) is 20.3 Å². The minimum absolute atomic E-state index is 0.378. The Morgan fingerprint density at radius 2 is 2.19 bits per heavy atom. The first-order valence-electron chi connectivity index (χ1n) is 5.89. The van der Waals surface area contributed by atoms with Gasteiger partial charge in [-0.25, -0.2) is 9.97 Å². The molecule has 0 aromatic carbocycles. The third-order valence-electron chi connectivity index (χ3n) is 3.14. The van der Waals surface area contributed by atoms with Gasteiger partial charge in [-0.2, -0.15) is 0 Å². The minimum Gasteiger partial charge on any atom is -0.339 e. The van der Waals surface area contributed by atoms with Gasteiger partial charge >= 0.3 is 0 Å². The topological polar surface area (TPSA) is 53.6 Å². The van der Waals surface area contributed by atoms with Crippen LogP contribution in [0.15, 0.2) is 12.1 Å². The fourth-order valence-corrected chi connectivity index (χ4v) is 2.26. The molecule has 1 unspecified atom stereocenters. The SMILES string of the molecule is Cc1ccc2[nH]c(C3CCCCN3)nc2n1. The molecule has 0 spiro atoms. The molecule has 4 heteroatoms. The number of rotatable bonds is 1. The summed E-state index contributed by atoms with van der Waals surface area (Å²) in [6.07, 6.45) is 3.72. The van der Waals surface area contributed by atoms with Crippen molar-refractivity contribution in [3.05, 3.63) is 23.7 Å². The number of hydrogen-bond acceptors (Lipinski definition) is 3. The van der Waals surface area contributed by atoms with Crippen LogP contribution >= 0.6 is 0 Å². The van der Waals surface area contributed by atoms with Crippen LogP contribution in [0.2, 0.25) is 0 Å². The molecule has 2 aromatic rings. The highest BCUT2D eigenvalue weighted by molar-refractivity contribution is 5.70. The Morgan fingerprint density at radius 3 is 3.00 bits per heavy atom. The van der Waals surface area contributed by atoms with Crippen LogP contribution < -0.4 is 5.32 Å². The summed E-state index contributed by atoms with van der Waals surface area (Å²) in [5.41, 5.74) is 2.89. The van der Waals surface area contributed by atoms with E-state index in [1.807, 2.05) is 13.0 Å². The number of aryl methyl sites for hydroxylation is 1. The number of pyridine rings is 1. The predicted octanol–water partition coefficient (Wildman–Crippen LogP) is 2.08. The molecule has 0 bridgehead atoms. The van der Waals surface area contributed by atoms with Gasteiger partial charge < -0.3 is 10.3 Å². The van der Waals surface area contributed by atoms with Gasteiger partial charge in [0.25, 0.3) is 0 Å². The first-order valence-corrected chi connectivity index (χ1v) is 5.89. The zero-order chi connectivity index (χ0) is 11.0. The van der Waals surface area contributed by atoms with Crippen LogP contribution in [0.1, 0.15) is 36.8 Å². The molecule has 0 amide bonds. The molecule has 2 N–H and O–H groups in total. The second-order valence-electron chi connectivity index (χ2n) is 4.45. The second-order valence-corrected chi connectivity index (χ2v) is 4.45. The quantitative estimate of drug-likeness (QED) is 0.767. The lowest BCUT2D eigenvalue weighted by atomic mass is 10.0. The van der Waals surface area contributed by atoms with E-state index in [2.05, 4.69) is 26.3 Å². The van der Waals surface area contributed by atoms with Crippen LogP contribution in [-0.2, 0) is 0 Å². The van der Waals surface area contributed by atoms with E-state index < -0.39 is 0 Å². The van der Waals surface area contributed by atoms with Gasteiger partial charge in [-0.15, -0.1) is 0 Å². The molecular formula is C12H16N4. The van der Waals surface area contributed by atoms with Crippen molar-refractivity contribution in [3.63, 3.8) is 0 Å². The monoisotopic (exact) mass is 216 g/mol. The van der Waals surface area contributed by atoms with Crippen LogP contribution in [0.3, 0.4) is 0 Å². The number of fused-ring (bicyclic) bond motifs is 1. The van der Waals surface area contributed by atoms with Crippen molar-refractivity contribution in [1.29, 1.82) is 0 Å². The number of H-pyrrole nitrogens is 1. The molecule has 0 radical (unpaired) electrons. The van der Waals surface area contributed by atoms with Gasteiger partial charge in [0.15, 0.2) is 5.65 Å². The third kappa shape index (κ3) is 1.69. The average molecular weight is 216 g/mol. The second kappa shape index (κ2) is 3.87. The molecule has 0 aliphatic carbocycles.